The molecule has 0 unspecified atom stereocenters. The summed E-state index contributed by atoms with van der Waals surface area (Å²) in [6.07, 6.45) is 2.12. The molecule has 0 aliphatic carbocycles. The lowest BCUT2D eigenvalue weighted by molar-refractivity contribution is -0.140. The van der Waals surface area contributed by atoms with Crippen molar-refractivity contribution in [2.45, 2.75) is 24.1 Å². The number of alkyl halides is 2. The fourth-order valence-electron chi connectivity index (χ4n) is 1.52. The molecule has 0 heterocycles. The fraction of sp³-hybridized carbons (Fsp3) is 0.462. The fourth-order valence-corrected chi connectivity index (χ4v) is 1.68. The molecule has 0 saturated heterocycles. The Kier molecular flexibility index (Phi) is 9.84. The Bertz CT molecular complexity index is 369. The standard InChI is InChI=1S/C13H17Cl2NO2.ClH/c1-18-13(17)4-2-3-10-5-7-11(8-6-10)16-9-12(14)15;/h5-8,12,16H,2-4,9H2,1H3;1H. The van der Waals surface area contributed by atoms with E-state index in [1.165, 1.54) is 12.7 Å². The maximum absolute atomic E-state index is 10.9. The van der Waals surface area contributed by atoms with Crippen LogP contribution in [0.5, 0.6) is 0 Å². The zero-order valence-electron chi connectivity index (χ0n) is 10.7. The minimum atomic E-state index is -0.412. The zero-order chi connectivity index (χ0) is 13.4. The molecule has 0 aliphatic heterocycles. The molecule has 6 heteroatoms. The number of ether oxygens (including phenoxy) is 1. The zero-order valence-corrected chi connectivity index (χ0v) is 13.0. The van der Waals surface area contributed by atoms with Crippen molar-refractivity contribution >= 4 is 47.3 Å². The van der Waals surface area contributed by atoms with E-state index in [-0.39, 0.29) is 18.4 Å². The molecule has 0 bridgehead atoms. The predicted molar refractivity (Wildman–Crippen MR) is 82.6 cm³/mol. The molecule has 0 radical (unpaired) electrons. The van der Waals surface area contributed by atoms with Gasteiger partial charge in [-0.15, -0.1) is 35.6 Å². The highest BCUT2D eigenvalue weighted by molar-refractivity contribution is 6.44. The van der Waals surface area contributed by atoms with Crippen molar-refractivity contribution < 1.29 is 9.53 Å². The van der Waals surface area contributed by atoms with Crippen molar-refractivity contribution in [3.05, 3.63) is 29.8 Å². The second-order valence-corrected chi connectivity index (χ2v) is 5.18. The summed E-state index contributed by atoms with van der Waals surface area (Å²) < 4.78 is 4.59. The molecular formula is C13H18Cl3NO2. The van der Waals surface area contributed by atoms with Gasteiger partial charge in [-0.25, -0.2) is 0 Å². The van der Waals surface area contributed by atoms with Gasteiger partial charge in [-0.2, -0.15) is 0 Å². The first-order valence-electron chi connectivity index (χ1n) is 5.79. The van der Waals surface area contributed by atoms with Crippen LogP contribution in [0.4, 0.5) is 5.69 Å². The molecule has 1 N–H and O–H groups in total. The van der Waals surface area contributed by atoms with Gasteiger partial charge in [0.15, 0.2) is 0 Å². The smallest absolute Gasteiger partial charge is 0.305 e. The van der Waals surface area contributed by atoms with Crippen LogP contribution in [0, 0.1) is 0 Å². The number of carbonyl (C=O) groups is 1. The monoisotopic (exact) mass is 325 g/mol. The first kappa shape index (κ1) is 18.4. The molecule has 0 fully saturated rings. The molecule has 0 atom stereocenters. The first-order valence-corrected chi connectivity index (χ1v) is 6.67. The molecule has 1 aromatic rings. The van der Waals surface area contributed by atoms with Crippen LogP contribution in [-0.2, 0) is 16.0 Å². The van der Waals surface area contributed by atoms with Crippen molar-refractivity contribution in [1.29, 1.82) is 0 Å². The molecule has 0 saturated carbocycles. The lowest BCUT2D eigenvalue weighted by Crippen LogP contribution is -2.08. The summed E-state index contributed by atoms with van der Waals surface area (Å²) in [4.78, 5) is 10.5. The van der Waals surface area contributed by atoms with E-state index in [0.29, 0.717) is 13.0 Å². The minimum Gasteiger partial charge on any atom is -0.469 e. The Balaban J connectivity index is 0.00000324. The van der Waals surface area contributed by atoms with E-state index in [4.69, 9.17) is 23.2 Å². The number of hydrogen-bond donors (Lipinski definition) is 1. The van der Waals surface area contributed by atoms with E-state index < -0.39 is 4.84 Å². The molecule has 0 amide bonds. The van der Waals surface area contributed by atoms with Gasteiger partial charge in [0.25, 0.3) is 0 Å². The Morgan fingerprint density at radius 2 is 1.95 bits per heavy atom. The number of esters is 1. The highest BCUT2D eigenvalue weighted by atomic mass is 35.5. The van der Waals surface area contributed by atoms with Crippen LogP contribution in [0.2, 0.25) is 0 Å². The van der Waals surface area contributed by atoms with E-state index in [1.54, 1.807) is 0 Å². The lowest BCUT2D eigenvalue weighted by atomic mass is 10.1. The maximum Gasteiger partial charge on any atom is 0.305 e. The number of hydrogen-bond acceptors (Lipinski definition) is 3. The molecule has 3 nitrogen and oxygen atoms in total. The van der Waals surface area contributed by atoms with Gasteiger partial charge >= 0.3 is 5.97 Å². The minimum absolute atomic E-state index is 0. The summed E-state index contributed by atoms with van der Waals surface area (Å²) in [5.74, 6) is -0.163. The largest absolute Gasteiger partial charge is 0.469 e. The van der Waals surface area contributed by atoms with Crippen LogP contribution in [0.1, 0.15) is 18.4 Å². The van der Waals surface area contributed by atoms with Crippen molar-refractivity contribution in [1.82, 2.24) is 0 Å². The molecular weight excluding hydrogens is 309 g/mol. The summed E-state index contributed by atoms with van der Waals surface area (Å²) in [7, 11) is 1.41. The molecule has 1 aromatic carbocycles. The van der Waals surface area contributed by atoms with Crippen LogP contribution in [-0.4, -0.2) is 24.5 Å². The average molecular weight is 327 g/mol. The van der Waals surface area contributed by atoms with Gasteiger partial charge in [-0.1, -0.05) is 12.1 Å². The number of methoxy groups -OCH3 is 1. The van der Waals surface area contributed by atoms with Gasteiger partial charge in [0.1, 0.15) is 4.84 Å². The van der Waals surface area contributed by atoms with Crippen LogP contribution in [0.25, 0.3) is 0 Å². The SMILES string of the molecule is COC(=O)CCCc1ccc(NCC(Cl)Cl)cc1.Cl. The van der Waals surface area contributed by atoms with E-state index in [2.05, 4.69) is 10.1 Å². The molecule has 19 heavy (non-hydrogen) atoms. The summed E-state index contributed by atoms with van der Waals surface area (Å²) in [6.45, 7) is 0.519. The molecule has 1 rings (SSSR count). The van der Waals surface area contributed by atoms with Gasteiger partial charge in [-0.05, 0) is 30.5 Å². The summed E-state index contributed by atoms with van der Waals surface area (Å²) in [5.41, 5.74) is 2.18. The number of carbonyl (C=O) groups excluding carboxylic acids is 1. The summed E-state index contributed by atoms with van der Waals surface area (Å²) in [6, 6.07) is 8.00. The van der Waals surface area contributed by atoms with E-state index >= 15 is 0 Å². The Morgan fingerprint density at radius 3 is 2.47 bits per heavy atom. The third-order valence-corrected chi connectivity index (χ3v) is 2.80. The van der Waals surface area contributed by atoms with Crippen LogP contribution in [0.3, 0.4) is 0 Å². The number of anilines is 1. The van der Waals surface area contributed by atoms with Crippen molar-refractivity contribution in [3.8, 4) is 0 Å². The molecule has 0 spiro atoms. The van der Waals surface area contributed by atoms with E-state index in [0.717, 1.165) is 18.5 Å². The topological polar surface area (TPSA) is 38.3 Å². The van der Waals surface area contributed by atoms with Crippen molar-refractivity contribution in [2.75, 3.05) is 19.0 Å². The second-order valence-electron chi connectivity index (χ2n) is 3.90. The van der Waals surface area contributed by atoms with Crippen LogP contribution >= 0.6 is 35.6 Å². The quantitative estimate of drug-likeness (QED) is 0.611. The number of benzene rings is 1. The third-order valence-electron chi connectivity index (χ3n) is 2.49. The Labute approximate surface area is 130 Å². The molecule has 0 aliphatic rings. The molecule has 0 aromatic heterocycles. The third kappa shape index (κ3) is 8.19. The number of rotatable bonds is 7. The predicted octanol–water partition coefficient (Wildman–Crippen LogP) is 3.82. The molecule has 108 valence electrons. The van der Waals surface area contributed by atoms with Crippen molar-refractivity contribution in [3.63, 3.8) is 0 Å². The lowest BCUT2D eigenvalue weighted by Gasteiger charge is -2.07. The Morgan fingerprint density at radius 1 is 1.32 bits per heavy atom. The number of nitrogens with one attached hydrogen (secondary N) is 1. The van der Waals surface area contributed by atoms with Crippen LogP contribution < -0.4 is 5.32 Å². The average Bonchev–Trinajstić information content (AvgIpc) is 2.37. The van der Waals surface area contributed by atoms with E-state index in [9.17, 15) is 4.79 Å². The number of halogens is 3. The summed E-state index contributed by atoms with van der Waals surface area (Å²) >= 11 is 11.3. The normalized spacial score (nSPS) is 9.89. The first-order chi connectivity index (χ1) is 8.61. The van der Waals surface area contributed by atoms with Crippen molar-refractivity contribution in [2.24, 2.45) is 0 Å². The van der Waals surface area contributed by atoms with Gasteiger partial charge < -0.3 is 10.1 Å². The van der Waals surface area contributed by atoms with Gasteiger partial charge in [0, 0.05) is 18.7 Å². The van der Waals surface area contributed by atoms with Gasteiger partial charge in [0.2, 0.25) is 0 Å². The summed E-state index contributed by atoms with van der Waals surface area (Å²) in [5, 5.41) is 3.12. The number of aryl methyl sites for hydroxylation is 1. The highest BCUT2D eigenvalue weighted by Gasteiger charge is 2.01. The maximum atomic E-state index is 10.9. The van der Waals surface area contributed by atoms with E-state index in [1.807, 2.05) is 24.3 Å². The van der Waals surface area contributed by atoms with Gasteiger partial charge in [0.05, 0.1) is 7.11 Å². The Hall–Kier alpha value is -0.640. The van der Waals surface area contributed by atoms with Crippen LogP contribution in [0.15, 0.2) is 24.3 Å². The highest BCUT2D eigenvalue weighted by Crippen LogP contribution is 2.13. The second kappa shape index (κ2) is 10.2. The van der Waals surface area contributed by atoms with Gasteiger partial charge in [-0.3, -0.25) is 4.79 Å².